The maximum atomic E-state index is 5.92. The molecule has 0 saturated carbocycles. The first-order chi connectivity index (χ1) is 9.18. The molecule has 0 aliphatic carbocycles. The fraction of sp³-hybridized carbons (Fsp3) is 0.176. The van der Waals surface area contributed by atoms with Crippen LogP contribution in [-0.4, -0.2) is 4.84 Å². The lowest BCUT2D eigenvalue weighted by Gasteiger charge is -2.14. The molecule has 2 aromatic rings. The number of benzene rings is 2. The highest BCUT2D eigenvalue weighted by molar-refractivity contribution is 6.44. The summed E-state index contributed by atoms with van der Waals surface area (Å²) >= 11 is 11.8. The maximum absolute atomic E-state index is 5.92. The largest absolute Gasteiger partial charge is 0.111 e. The van der Waals surface area contributed by atoms with Gasteiger partial charge in [-0.2, -0.15) is 0 Å². The zero-order chi connectivity index (χ0) is 13.7. The Morgan fingerprint density at radius 1 is 0.842 bits per heavy atom. The number of halogens is 2. The van der Waals surface area contributed by atoms with E-state index in [1.165, 1.54) is 22.3 Å². The second-order valence-electron chi connectivity index (χ2n) is 4.48. The van der Waals surface area contributed by atoms with E-state index in [2.05, 4.69) is 31.2 Å². The van der Waals surface area contributed by atoms with Crippen LogP contribution in [0.15, 0.2) is 66.2 Å². The molecule has 0 nitrogen and oxygen atoms in total. The molecule has 0 unspecified atom stereocenters. The van der Waals surface area contributed by atoms with E-state index in [4.69, 9.17) is 23.2 Å². The van der Waals surface area contributed by atoms with Crippen LogP contribution in [0.4, 0.5) is 0 Å². The van der Waals surface area contributed by atoms with Gasteiger partial charge in [-0.1, -0.05) is 66.2 Å². The van der Waals surface area contributed by atoms with E-state index >= 15 is 0 Å². The smallest absolute Gasteiger partial charge is 0.105 e. The Labute approximate surface area is 124 Å². The van der Waals surface area contributed by atoms with Crippen molar-refractivity contribution in [1.82, 2.24) is 0 Å². The third-order valence-electron chi connectivity index (χ3n) is 3.01. The molecule has 98 valence electrons. The summed E-state index contributed by atoms with van der Waals surface area (Å²) in [6.45, 7) is 2.09. The molecule has 0 heterocycles. The Morgan fingerprint density at radius 2 is 1.26 bits per heavy atom. The topological polar surface area (TPSA) is 0 Å². The standard InChI is InChI=1S/C17H16Cl2/c1-13(12-16(18)19)17(14-8-4-2-5-9-14)15-10-6-3-7-11-15/h2-11,16H,12H2,1H3. The molecule has 0 N–H and O–H groups in total. The molecule has 2 aromatic carbocycles. The number of alkyl halides is 2. The third-order valence-corrected chi connectivity index (χ3v) is 3.32. The lowest BCUT2D eigenvalue weighted by atomic mass is 9.92. The third kappa shape index (κ3) is 3.86. The Kier molecular flexibility index (Phi) is 5.07. The second kappa shape index (κ2) is 6.79. The summed E-state index contributed by atoms with van der Waals surface area (Å²) in [5.74, 6) is 0. The van der Waals surface area contributed by atoms with Gasteiger partial charge in [-0.15, -0.1) is 23.2 Å². The number of rotatable bonds is 4. The minimum Gasteiger partial charge on any atom is -0.105 e. The molecule has 19 heavy (non-hydrogen) atoms. The molecule has 0 saturated heterocycles. The SMILES string of the molecule is CC(CC(Cl)Cl)=C(c1ccccc1)c1ccccc1. The molecular weight excluding hydrogens is 275 g/mol. The molecular formula is C17H16Cl2. The highest BCUT2D eigenvalue weighted by Crippen LogP contribution is 2.30. The van der Waals surface area contributed by atoms with Crippen molar-refractivity contribution in [3.8, 4) is 0 Å². The van der Waals surface area contributed by atoms with E-state index in [0.29, 0.717) is 6.42 Å². The lowest BCUT2D eigenvalue weighted by molar-refractivity contribution is 1.06. The average molecular weight is 291 g/mol. The van der Waals surface area contributed by atoms with Crippen LogP contribution < -0.4 is 0 Å². The van der Waals surface area contributed by atoms with Crippen LogP contribution in [0.5, 0.6) is 0 Å². The average Bonchev–Trinajstić information content (AvgIpc) is 2.40. The van der Waals surface area contributed by atoms with Gasteiger partial charge in [0.1, 0.15) is 4.84 Å². The molecule has 0 fully saturated rings. The van der Waals surface area contributed by atoms with Gasteiger partial charge in [0.15, 0.2) is 0 Å². The highest BCUT2D eigenvalue weighted by Gasteiger charge is 2.10. The fourth-order valence-corrected chi connectivity index (χ4v) is 2.67. The Hall–Kier alpha value is -1.24. The summed E-state index contributed by atoms with van der Waals surface area (Å²) in [6.07, 6.45) is 0.669. The van der Waals surface area contributed by atoms with Crippen molar-refractivity contribution in [2.45, 2.75) is 18.2 Å². The van der Waals surface area contributed by atoms with Gasteiger partial charge in [-0.25, -0.2) is 0 Å². The summed E-state index contributed by atoms with van der Waals surface area (Å²) < 4.78 is 0. The molecule has 0 radical (unpaired) electrons. The second-order valence-corrected chi connectivity index (χ2v) is 5.76. The first-order valence-electron chi connectivity index (χ1n) is 6.27. The van der Waals surface area contributed by atoms with Crippen LogP contribution in [0.1, 0.15) is 24.5 Å². The van der Waals surface area contributed by atoms with E-state index in [1.807, 2.05) is 36.4 Å². The van der Waals surface area contributed by atoms with Gasteiger partial charge in [0.05, 0.1) is 0 Å². The van der Waals surface area contributed by atoms with Crippen LogP contribution in [0.2, 0.25) is 0 Å². The summed E-state index contributed by atoms with van der Waals surface area (Å²) in [4.78, 5) is -0.373. The van der Waals surface area contributed by atoms with E-state index in [0.717, 1.165) is 0 Å². The summed E-state index contributed by atoms with van der Waals surface area (Å²) in [7, 11) is 0. The van der Waals surface area contributed by atoms with E-state index in [9.17, 15) is 0 Å². The van der Waals surface area contributed by atoms with Crippen molar-refractivity contribution in [3.05, 3.63) is 77.4 Å². The van der Waals surface area contributed by atoms with Crippen LogP contribution in [0.3, 0.4) is 0 Å². The first-order valence-corrected chi connectivity index (χ1v) is 7.14. The highest BCUT2D eigenvalue weighted by atomic mass is 35.5. The molecule has 0 spiro atoms. The normalized spacial score (nSPS) is 10.5. The van der Waals surface area contributed by atoms with E-state index in [-0.39, 0.29) is 4.84 Å². The minimum atomic E-state index is -0.373. The van der Waals surface area contributed by atoms with Crippen molar-refractivity contribution < 1.29 is 0 Å². The predicted octanol–water partition coefficient (Wildman–Crippen LogP) is 5.70. The summed E-state index contributed by atoms with van der Waals surface area (Å²) in [5.41, 5.74) is 4.81. The number of allylic oxidation sites excluding steroid dienone is 1. The summed E-state index contributed by atoms with van der Waals surface area (Å²) in [5, 5.41) is 0. The molecule has 0 bridgehead atoms. The van der Waals surface area contributed by atoms with Crippen molar-refractivity contribution in [1.29, 1.82) is 0 Å². The van der Waals surface area contributed by atoms with Gasteiger partial charge >= 0.3 is 0 Å². The maximum Gasteiger partial charge on any atom is 0.111 e. The number of hydrogen-bond donors (Lipinski definition) is 0. The van der Waals surface area contributed by atoms with E-state index < -0.39 is 0 Å². The Morgan fingerprint density at radius 3 is 1.63 bits per heavy atom. The van der Waals surface area contributed by atoms with Gasteiger partial charge in [0, 0.05) is 0 Å². The lowest BCUT2D eigenvalue weighted by Crippen LogP contribution is -1.96. The van der Waals surface area contributed by atoms with E-state index in [1.54, 1.807) is 0 Å². The van der Waals surface area contributed by atoms with Crippen LogP contribution in [0.25, 0.3) is 5.57 Å². The monoisotopic (exact) mass is 290 g/mol. The quantitative estimate of drug-likeness (QED) is 0.634. The zero-order valence-electron chi connectivity index (χ0n) is 10.8. The van der Waals surface area contributed by atoms with Gasteiger partial charge < -0.3 is 0 Å². The molecule has 2 rings (SSSR count). The molecule has 0 aliphatic rings. The van der Waals surface area contributed by atoms with Crippen LogP contribution in [-0.2, 0) is 0 Å². The van der Waals surface area contributed by atoms with Gasteiger partial charge in [-0.3, -0.25) is 0 Å². The molecule has 2 heteroatoms. The molecule has 0 amide bonds. The van der Waals surface area contributed by atoms with Gasteiger partial charge in [-0.05, 0) is 30.0 Å². The Bertz CT molecular complexity index is 500. The van der Waals surface area contributed by atoms with Crippen molar-refractivity contribution >= 4 is 28.8 Å². The number of hydrogen-bond acceptors (Lipinski definition) is 0. The predicted molar refractivity (Wildman–Crippen MR) is 84.7 cm³/mol. The van der Waals surface area contributed by atoms with Crippen molar-refractivity contribution in [2.75, 3.05) is 0 Å². The zero-order valence-corrected chi connectivity index (χ0v) is 12.3. The van der Waals surface area contributed by atoms with Crippen LogP contribution >= 0.6 is 23.2 Å². The van der Waals surface area contributed by atoms with Gasteiger partial charge in [0.25, 0.3) is 0 Å². The fourth-order valence-electron chi connectivity index (χ4n) is 2.20. The van der Waals surface area contributed by atoms with Gasteiger partial charge in [0.2, 0.25) is 0 Å². The Balaban J connectivity index is 2.52. The van der Waals surface area contributed by atoms with Crippen molar-refractivity contribution in [3.63, 3.8) is 0 Å². The molecule has 0 aromatic heterocycles. The summed E-state index contributed by atoms with van der Waals surface area (Å²) in [6, 6.07) is 20.7. The molecule has 0 atom stereocenters. The first kappa shape index (κ1) is 14.2. The molecule has 0 aliphatic heterocycles. The minimum absolute atomic E-state index is 0.373. The van der Waals surface area contributed by atoms with Crippen molar-refractivity contribution in [2.24, 2.45) is 0 Å². The van der Waals surface area contributed by atoms with Crippen LogP contribution in [0, 0.1) is 0 Å².